The number of esters is 1. The summed E-state index contributed by atoms with van der Waals surface area (Å²) in [6.07, 6.45) is 4.45. The normalized spacial score (nSPS) is 17.4. The summed E-state index contributed by atoms with van der Waals surface area (Å²) < 4.78 is 5.34. The number of hydrogen-bond donors (Lipinski definition) is 0. The second-order valence-corrected chi connectivity index (χ2v) is 6.07. The van der Waals surface area contributed by atoms with Crippen LogP contribution >= 0.6 is 0 Å². The van der Waals surface area contributed by atoms with Gasteiger partial charge < -0.3 is 12.2 Å². The van der Waals surface area contributed by atoms with Gasteiger partial charge in [-0.1, -0.05) is 60.7 Å². The van der Waals surface area contributed by atoms with Crippen molar-refractivity contribution in [3.05, 3.63) is 85.8 Å². The second-order valence-electron chi connectivity index (χ2n) is 6.07. The van der Waals surface area contributed by atoms with Crippen molar-refractivity contribution in [1.29, 1.82) is 0 Å². The zero-order valence-electron chi connectivity index (χ0n) is 16.2. The first kappa shape index (κ1) is 24.6. The number of rotatable bonds is 6. The topological polar surface area (TPSA) is 61.8 Å². The molecule has 0 aromatic heterocycles. The van der Waals surface area contributed by atoms with Crippen LogP contribution in [-0.2, 0) is 25.8 Å². The number of carbonyl (C=O) groups excluding carboxylic acids is 2. The van der Waals surface area contributed by atoms with Crippen molar-refractivity contribution in [1.82, 2.24) is 0 Å². The molecule has 0 radical (unpaired) electrons. The molecule has 0 spiro atoms. The van der Waals surface area contributed by atoms with Crippen LogP contribution in [0.2, 0.25) is 0 Å². The Hall–Kier alpha value is -1.44. The van der Waals surface area contributed by atoms with E-state index < -0.39 is 11.9 Å². The van der Waals surface area contributed by atoms with Gasteiger partial charge in [-0.25, -0.2) is 9.68 Å². The molecular formula is C22H23KO5. The van der Waals surface area contributed by atoms with Crippen molar-refractivity contribution >= 4 is 11.9 Å². The number of hydrogen-bond acceptors (Lipinski definition) is 5. The van der Waals surface area contributed by atoms with Gasteiger partial charge in [-0.05, 0) is 30.5 Å². The number of para-hydroxylation sites is 1. The third-order valence-corrected chi connectivity index (χ3v) is 4.16. The van der Waals surface area contributed by atoms with Gasteiger partial charge in [0.15, 0.2) is 5.75 Å². The molecule has 0 saturated heterocycles. The molecule has 0 aliphatic heterocycles. The first-order chi connectivity index (χ1) is 12.7. The van der Waals surface area contributed by atoms with Gasteiger partial charge in [0.05, 0.1) is 11.8 Å². The Kier molecular flexibility index (Phi) is 11.3. The van der Waals surface area contributed by atoms with Gasteiger partial charge in [0, 0.05) is 0 Å². The Bertz CT molecular complexity index is 696. The average molecular weight is 407 g/mol. The van der Waals surface area contributed by atoms with Crippen LogP contribution in [0.25, 0.3) is 0 Å². The minimum atomic E-state index is -0.471. The smallest absolute Gasteiger partial charge is 0.460 e. The van der Waals surface area contributed by atoms with Gasteiger partial charge in [0.1, 0.15) is 6.61 Å². The first-order valence-corrected chi connectivity index (χ1v) is 8.54. The maximum atomic E-state index is 12.1. The molecule has 3 rings (SSSR count). The molecule has 1 aliphatic carbocycles. The first-order valence-electron chi connectivity index (χ1n) is 8.54. The number of carbonyl (C=O) groups is 2. The molecule has 0 heterocycles. The van der Waals surface area contributed by atoms with Gasteiger partial charge in [-0.3, -0.25) is 9.68 Å². The summed E-state index contributed by atoms with van der Waals surface area (Å²) in [7, 11) is 0. The Morgan fingerprint density at radius 1 is 0.821 bits per heavy atom. The van der Waals surface area contributed by atoms with Crippen LogP contribution < -0.4 is 56.3 Å². The van der Waals surface area contributed by atoms with Gasteiger partial charge in [0.25, 0.3) is 0 Å². The summed E-state index contributed by atoms with van der Waals surface area (Å²) in [5.74, 6) is -1.05. The van der Waals surface area contributed by atoms with E-state index in [9.17, 15) is 9.59 Å². The second kappa shape index (κ2) is 12.9. The molecule has 0 N–H and O–H groups in total. The Morgan fingerprint density at radius 2 is 1.36 bits per heavy atom. The molecule has 28 heavy (non-hydrogen) atoms. The fourth-order valence-electron chi connectivity index (χ4n) is 2.68. The van der Waals surface area contributed by atoms with Crippen molar-refractivity contribution in [3.63, 3.8) is 0 Å². The summed E-state index contributed by atoms with van der Waals surface area (Å²) in [6, 6.07) is 18.3. The minimum Gasteiger partial charge on any atom is -0.460 e. The zero-order valence-corrected chi connectivity index (χ0v) is 19.4. The predicted molar refractivity (Wildman–Crippen MR) is 101 cm³/mol. The van der Waals surface area contributed by atoms with E-state index in [0.717, 1.165) is 5.56 Å². The molecule has 0 amide bonds. The Labute approximate surface area is 208 Å². The van der Waals surface area contributed by atoms with Crippen molar-refractivity contribution in [3.8, 4) is 5.75 Å². The predicted octanol–water partition coefficient (Wildman–Crippen LogP) is 1.30. The molecule has 0 bridgehead atoms. The van der Waals surface area contributed by atoms with E-state index in [0.29, 0.717) is 18.6 Å². The summed E-state index contributed by atoms with van der Waals surface area (Å²) in [5.41, 5.74) is 0.945. The zero-order chi connectivity index (χ0) is 18.2. The molecule has 0 saturated carbocycles. The molecule has 142 valence electrons. The fourth-order valence-corrected chi connectivity index (χ4v) is 2.68. The molecule has 6 heteroatoms. The van der Waals surface area contributed by atoms with E-state index >= 15 is 0 Å². The number of benzene rings is 2. The van der Waals surface area contributed by atoms with Gasteiger partial charge in [-0.2, -0.15) is 0 Å². The van der Waals surface area contributed by atoms with E-state index in [4.69, 9.17) is 14.5 Å². The molecule has 2 aromatic carbocycles. The summed E-state index contributed by atoms with van der Waals surface area (Å²) >= 11 is 0. The third-order valence-electron chi connectivity index (χ3n) is 4.16. The van der Waals surface area contributed by atoms with Crippen LogP contribution in [0.4, 0.5) is 0 Å². The minimum absolute atomic E-state index is 0. The van der Waals surface area contributed by atoms with Crippen LogP contribution in [0, 0.1) is 19.3 Å². The van der Waals surface area contributed by atoms with E-state index in [2.05, 4.69) is 0 Å². The fraction of sp³-hybridized carbons (Fsp3) is 0.227. The SMILES string of the molecule is O=C(OCc1ccccc1)C1C=CC(C(=O)OOc2ccccc2)CC1.[CH3-].[K+]. The van der Waals surface area contributed by atoms with Gasteiger partial charge in [-0.15, -0.1) is 0 Å². The van der Waals surface area contributed by atoms with Crippen LogP contribution in [-0.4, -0.2) is 11.9 Å². The summed E-state index contributed by atoms with van der Waals surface area (Å²) in [4.78, 5) is 34.1. The quantitative estimate of drug-likeness (QED) is 0.181. The molecule has 2 atom stereocenters. The Balaban J connectivity index is 0.00000196. The number of ether oxygens (including phenoxy) is 1. The van der Waals surface area contributed by atoms with E-state index in [1.54, 1.807) is 36.4 Å². The van der Waals surface area contributed by atoms with Gasteiger partial charge >= 0.3 is 63.3 Å². The Morgan fingerprint density at radius 3 is 1.93 bits per heavy atom. The van der Waals surface area contributed by atoms with Crippen molar-refractivity contribution in [2.24, 2.45) is 11.8 Å². The average Bonchev–Trinajstić information content (AvgIpc) is 2.72. The van der Waals surface area contributed by atoms with Crippen molar-refractivity contribution < 1.29 is 75.5 Å². The van der Waals surface area contributed by atoms with Crippen LogP contribution in [0.5, 0.6) is 5.75 Å². The maximum Gasteiger partial charge on any atom is 1.00 e. The molecule has 2 unspecified atom stereocenters. The maximum absolute atomic E-state index is 12.1. The summed E-state index contributed by atoms with van der Waals surface area (Å²) in [5, 5.41) is 0. The molecule has 5 nitrogen and oxygen atoms in total. The van der Waals surface area contributed by atoms with E-state index in [1.165, 1.54) is 0 Å². The van der Waals surface area contributed by atoms with Crippen LogP contribution in [0.15, 0.2) is 72.8 Å². The molecule has 2 aromatic rings. The van der Waals surface area contributed by atoms with Crippen molar-refractivity contribution in [2.75, 3.05) is 0 Å². The molecular weight excluding hydrogens is 383 g/mol. The summed E-state index contributed by atoms with van der Waals surface area (Å²) in [6.45, 7) is 0.250. The standard InChI is InChI=1S/C21H20O5.CH3.K/c22-20(24-15-16-7-3-1-4-8-16)17-11-13-18(14-12-17)21(23)26-25-19-9-5-2-6-10-19;;/h1-11,13,17-18H,12,14-15H2;1H3;/q;-1;+1. The van der Waals surface area contributed by atoms with Crippen LogP contribution in [0.3, 0.4) is 0 Å². The van der Waals surface area contributed by atoms with E-state index in [1.807, 2.05) is 36.4 Å². The largest absolute Gasteiger partial charge is 1.00 e. The third kappa shape index (κ3) is 7.52. The molecule has 1 aliphatic rings. The van der Waals surface area contributed by atoms with Crippen molar-refractivity contribution in [2.45, 2.75) is 19.4 Å². The monoisotopic (exact) mass is 406 g/mol. The van der Waals surface area contributed by atoms with E-state index in [-0.39, 0.29) is 77.3 Å². The molecule has 0 fully saturated rings. The van der Waals surface area contributed by atoms with Gasteiger partial charge in [0.2, 0.25) is 0 Å². The van der Waals surface area contributed by atoms with Crippen LogP contribution in [0.1, 0.15) is 18.4 Å².